The highest BCUT2D eigenvalue weighted by molar-refractivity contribution is 5.99. The van der Waals surface area contributed by atoms with Gasteiger partial charge in [-0.05, 0) is 54.6 Å². The average Bonchev–Trinajstić information content (AvgIpc) is 2.84. The number of nitrogens with one attached hydrogen (secondary N) is 1. The Kier molecular flexibility index (Phi) is 4.21. The van der Waals surface area contributed by atoms with E-state index in [0.29, 0.717) is 51.6 Å². The molecule has 0 radical (unpaired) electrons. The van der Waals surface area contributed by atoms with Gasteiger partial charge in [0.05, 0.1) is 6.54 Å². The molecule has 2 aliphatic rings. The van der Waals surface area contributed by atoms with Gasteiger partial charge in [0, 0.05) is 17.3 Å². The molecule has 6 rings (SSSR count). The Balaban J connectivity index is 1.15. The number of hydrogen-bond acceptors (Lipinski definition) is 6. The van der Waals surface area contributed by atoms with Crippen molar-refractivity contribution >= 4 is 11.5 Å². The number of fused-ring (bicyclic) bond motifs is 4. The molecular weight excluding hydrogens is 406 g/mol. The third kappa shape index (κ3) is 3.28. The van der Waals surface area contributed by atoms with Crippen LogP contribution in [0.15, 0.2) is 84.9 Å². The second kappa shape index (κ2) is 7.35. The summed E-state index contributed by atoms with van der Waals surface area (Å²) >= 11 is 0. The van der Waals surface area contributed by atoms with Crippen molar-refractivity contribution in [3.05, 3.63) is 90.5 Å². The highest BCUT2D eigenvalue weighted by atomic mass is 16.6. The molecule has 6 heteroatoms. The first-order valence-electron chi connectivity index (χ1n) is 10.2. The normalized spacial score (nSPS) is 12.4. The molecule has 4 aromatic carbocycles. The van der Waals surface area contributed by atoms with E-state index in [1.54, 1.807) is 18.2 Å². The van der Waals surface area contributed by atoms with Gasteiger partial charge in [0.2, 0.25) is 0 Å². The van der Waals surface area contributed by atoms with Gasteiger partial charge in [-0.3, -0.25) is 4.79 Å². The summed E-state index contributed by atoms with van der Waals surface area (Å²) in [5.41, 5.74) is 1.29. The van der Waals surface area contributed by atoms with Crippen LogP contribution in [-0.4, -0.2) is 12.3 Å². The molecular formula is C26H17NO5. The molecule has 0 unspecified atom stereocenters. The molecule has 0 saturated carbocycles. The van der Waals surface area contributed by atoms with Gasteiger partial charge in [-0.15, -0.1) is 0 Å². The van der Waals surface area contributed by atoms with E-state index in [1.807, 2.05) is 66.7 Å². The fourth-order valence-electron chi connectivity index (χ4n) is 3.62. The molecule has 32 heavy (non-hydrogen) atoms. The van der Waals surface area contributed by atoms with Crippen LogP contribution in [0, 0.1) is 0 Å². The van der Waals surface area contributed by atoms with Crippen LogP contribution in [0.3, 0.4) is 0 Å². The zero-order chi connectivity index (χ0) is 21.5. The molecule has 0 aliphatic carbocycles. The van der Waals surface area contributed by atoms with Crippen molar-refractivity contribution in [1.82, 2.24) is 0 Å². The Labute approximate surface area is 183 Å². The van der Waals surface area contributed by atoms with Gasteiger partial charge in [0.1, 0.15) is 0 Å². The van der Waals surface area contributed by atoms with Gasteiger partial charge >= 0.3 is 0 Å². The van der Waals surface area contributed by atoms with Crippen molar-refractivity contribution in [2.45, 2.75) is 0 Å². The lowest BCUT2D eigenvalue weighted by Gasteiger charge is -2.21. The Morgan fingerprint density at radius 1 is 0.562 bits per heavy atom. The monoisotopic (exact) mass is 423 g/mol. The molecule has 2 heterocycles. The number of ether oxygens (including phenoxy) is 4. The molecule has 156 valence electrons. The molecule has 0 fully saturated rings. The SMILES string of the molecule is O=C(CNc1ccc2c(c1)Oc1ccccc1O2)c1ccc2c(c1)Oc1ccccc1O2. The van der Waals surface area contributed by atoms with E-state index in [1.165, 1.54) is 0 Å². The summed E-state index contributed by atoms with van der Waals surface area (Å²) in [5, 5.41) is 3.16. The van der Waals surface area contributed by atoms with Crippen molar-refractivity contribution in [2.24, 2.45) is 0 Å². The van der Waals surface area contributed by atoms with E-state index in [0.717, 1.165) is 5.69 Å². The molecule has 0 atom stereocenters. The molecule has 2 aliphatic heterocycles. The summed E-state index contributed by atoms with van der Waals surface area (Å²) in [4.78, 5) is 12.8. The fraction of sp³-hybridized carbons (Fsp3) is 0.0385. The fourth-order valence-corrected chi connectivity index (χ4v) is 3.62. The minimum absolute atomic E-state index is 0.0736. The lowest BCUT2D eigenvalue weighted by molar-refractivity contribution is 0.101. The summed E-state index contributed by atoms with van der Waals surface area (Å²) in [7, 11) is 0. The summed E-state index contributed by atoms with van der Waals surface area (Å²) in [6.07, 6.45) is 0. The van der Waals surface area contributed by atoms with Crippen LogP contribution in [0.5, 0.6) is 46.0 Å². The maximum Gasteiger partial charge on any atom is 0.181 e. The standard InChI is InChI=1S/C26H17NO5/c28-18(16-9-11-23-25(13-16)31-21-7-3-1-5-19(21)29-23)15-27-17-10-12-24-26(14-17)32-22-8-4-2-6-20(22)30-24/h1-14,27H,15H2. The molecule has 6 nitrogen and oxygen atoms in total. The average molecular weight is 423 g/mol. The third-order valence-corrected chi connectivity index (χ3v) is 5.24. The van der Waals surface area contributed by atoms with Crippen molar-refractivity contribution in [1.29, 1.82) is 0 Å². The first kappa shape index (κ1) is 18.3. The van der Waals surface area contributed by atoms with E-state index >= 15 is 0 Å². The number of para-hydroxylation sites is 4. The molecule has 1 N–H and O–H groups in total. The number of carbonyl (C=O) groups is 1. The third-order valence-electron chi connectivity index (χ3n) is 5.24. The minimum atomic E-state index is -0.0736. The van der Waals surface area contributed by atoms with Gasteiger partial charge in [0.15, 0.2) is 51.8 Å². The van der Waals surface area contributed by atoms with Crippen molar-refractivity contribution in [3.8, 4) is 46.0 Å². The smallest absolute Gasteiger partial charge is 0.181 e. The second-order valence-electron chi connectivity index (χ2n) is 7.40. The molecule has 0 spiro atoms. The molecule has 4 aromatic rings. The number of benzene rings is 4. The zero-order valence-corrected chi connectivity index (χ0v) is 16.8. The lowest BCUT2D eigenvalue weighted by atomic mass is 10.1. The van der Waals surface area contributed by atoms with Gasteiger partial charge in [0.25, 0.3) is 0 Å². The van der Waals surface area contributed by atoms with Crippen LogP contribution < -0.4 is 24.3 Å². The number of hydrogen-bond donors (Lipinski definition) is 1. The van der Waals surface area contributed by atoms with E-state index in [4.69, 9.17) is 18.9 Å². The second-order valence-corrected chi connectivity index (χ2v) is 7.40. The number of Topliss-reactive ketones (excluding diaryl/α,β-unsaturated/α-hetero) is 1. The number of ketones is 1. The van der Waals surface area contributed by atoms with Gasteiger partial charge in [-0.1, -0.05) is 24.3 Å². The lowest BCUT2D eigenvalue weighted by Crippen LogP contribution is -2.14. The number of carbonyl (C=O) groups excluding carboxylic acids is 1. The van der Waals surface area contributed by atoms with Crippen LogP contribution >= 0.6 is 0 Å². The molecule has 0 saturated heterocycles. The van der Waals surface area contributed by atoms with E-state index < -0.39 is 0 Å². The van der Waals surface area contributed by atoms with Crippen LogP contribution in [0.1, 0.15) is 10.4 Å². The van der Waals surface area contributed by atoms with Crippen molar-refractivity contribution in [3.63, 3.8) is 0 Å². The summed E-state index contributed by atoms with van der Waals surface area (Å²) in [6.45, 7) is 0.118. The van der Waals surface area contributed by atoms with Crippen molar-refractivity contribution < 1.29 is 23.7 Å². The zero-order valence-electron chi connectivity index (χ0n) is 16.8. The molecule has 0 bridgehead atoms. The van der Waals surface area contributed by atoms with E-state index in [9.17, 15) is 4.79 Å². The first-order valence-corrected chi connectivity index (χ1v) is 10.2. The summed E-state index contributed by atoms with van der Waals surface area (Å²) < 4.78 is 23.5. The quantitative estimate of drug-likeness (QED) is 0.315. The van der Waals surface area contributed by atoms with Gasteiger partial charge in [-0.2, -0.15) is 0 Å². The Morgan fingerprint density at radius 3 is 1.62 bits per heavy atom. The van der Waals surface area contributed by atoms with E-state index in [2.05, 4.69) is 5.32 Å². The molecule has 0 aromatic heterocycles. The maximum absolute atomic E-state index is 12.8. The van der Waals surface area contributed by atoms with E-state index in [-0.39, 0.29) is 12.3 Å². The largest absolute Gasteiger partial charge is 0.450 e. The number of anilines is 1. The highest BCUT2D eigenvalue weighted by Crippen LogP contribution is 2.46. The van der Waals surface area contributed by atoms with Gasteiger partial charge in [-0.25, -0.2) is 0 Å². The summed E-state index contributed by atoms with van der Waals surface area (Å²) in [5.74, 6) is 4.88. The van der Waals surface area contributed by atoms with Crippen LogP contribution in [0.2, 0.25) is 0 Å². The van der Waals surface area contributed by atoms with Gasteiger partial charge < -0.3 is 24.3 Å². The predicted octanol–water partition coefficient (Wildman–Crippen LogP) is 6.78. The Hall–Kier alpha value is -4.45. The predicted molar refractivity (Wildman–Crippen MR) is 119 cm³/mol. The maximum atomic E-state index is 12.8. The van der Waals surface area contributed by atoms with Crippen LogP contribution in [0.25, 0.3) is 0 Å². The Bertz CT molecular complexity index is 1360. The van der Waals surface area contributed by atoms with Crippen LogP contribution in [0.4, 0.5) is 5.69 Å². The minimum Gasteiger partial charge on any atom is -0.450 e. The highest BCUT2D eigenvalue weighted by Gasteiger charge is 2.21. The van der Waals surface area contributed by atoms with Crippen LogP contribution in [-0.2, 0) is 0 Å². The molecule has 0 amide bonds. The topological polar surface area (TPSA) is 66.0 Å². The Morgan fingerprint density at radius 2 is 1.03 bits per heavy atom. The number of rotatable bonds is 4. The van der Waals surface area contributed by atoms with Crippen molar-refractivity contribution in [2.75, 3.05) is 11.9 Å². The first-order chi connectivity index (χ1) is 15.7. The summed E-state index contributed by atoms with van der Waals surface area (Å²) in [6, 6.07) is 25.6.